The summed E-state index contributed by atoms with van der Waals surface area (Å²) in [7, 11) is 0. The van der Waals surface area contributed by atoms with Gasteiger partial charge in [-0.05, 0) is 0 Å². The van der Waals surface area contributed by atoms with E-state index in [9.17, 15) is 35.5 Å². The molecule has 0 fully saturated rings. The Morgan fingerprint density at radius 3 is 1.61 bits per heavy atom. The van der Waals surface area contributed by atoms with Crippen molar-refractivity contribution >= 4 is 11.6 Å². The van der Waals surface area contributed by atoms with E-state index >= 15 is 0 Å². The van der Waals surface area contributed by atoms with E-state index in [1.807, 2.05) is 0 Å². The third kappa shape index (κ3) is 2.39. The highest BCUT2D eigenvalue weighted by molar-refractivity contribution is 5.89. The Morgan fingerprint density at radius 2 is 1.33 bits per heavy atom. The van der Waals surface area contributed by atoms with Gasteiger partial charge in [-0.2, -0.15) is 13.2 Å². The molecule has 0 aliphatic heterocycles. The molecule has 0 atom stereocenters. The van der Waals surface area contributed by atoms with Gasteiger partial charge in [-0.15, -0.1) is 0 Å². The molecule has 1 aromatic rings. The molecule has 0 heterocycles. The largest absolute Gasteiger partial charge is 0.422 e. The highest BCUT2D eigenvalue weighted by Crippen LogP contribution is 2.38. The van der Waals surface area contributed by atoms with Crippen LogP contribution >= 0.6 is 0 Å². The lowest BCUT2D eigenvalue weighted by Gasteiger charge is -2.13. The standard InChI is InChI=1S/C9H4F7NO/c1-2(18)17-8-6(12)4(10)3(9(14,15)16)5(11)7(8)13/h1H3,(H,17,18). The Kier molecular flexibility index (Phi) is 3.54. The first kappa shape index (κ1) is 14.3. The molecule has 0 spiro atoms. The summed E-state index contributed by atoms with van der Waals surface area (Å²) in [5.74, 6) is -11.0. The number of hydrogen-bond acceptors (Lipinski definition) is 1. The van der Waals surface area contributed by atoms with Crippen molar-refractivity contribution in [2.75, 3.05) is 5.32 Å². The maximum absolute atomic E-state index is 13.1. The molecule has 0 bridgehead atoms. The SMILES string of the molecule is CC(=O)Nc1c(F)c(F)c(C(F)(F)F)c(F)c1F. The average molecular weight is 275 g/mol. The van der Waals surface area contributed by atoms with Gasteiger partial charge in [-0.25, -0.2) is 17.6 Å². The Labute approximate surface area is 95.4 Å². The van der Waals surface area contributed by atoms with Crippen LogP contribution in [0, 0.1) is 23.3 Å². The van der Waals surface area contributed by atoms with Gasteiger partial charge < -0.3 is 5.32 Å². The Morgan fingerprint density at radius 1 is 0.944 bits per heavy atom. The number of carbonyl (C=O) groups excluding carboxylic acids is 1. The molecule has 0 aromatic heterocycles. The molecule has 0 saturated heterocycles. The first-order valence-electron chi connectivity index (χ1n) is 4.28. The van der Waals surface area contributed by atoms with Gasteiger partial charge in [-0.1, -0.05) is 0 Å². The molecular formula is C9H4F7NO. The highest BCUT2D eigenvalue weighted by Gasteiger charge is 2.42. The Balaban J connectivity index is 3.61. The summed E-state index contributed by atoms with van der Waals surface area (Å²) in [6.07, 6.45) is -5.61. The van der Waals surface area contributed by atoms with Gasteiger partial charge >= 0.3 is 6.18 Å². The lowest BCUT2D eigenvalue weighted by molar-refractivity contribution is -0.143. The highest BCUT2D eigenvalue weighted by atomic mass is 19.4. The van der Waals surface area contributed by atoms with Crippen LogP contribution in [0.15, 0.2) is 0 Å². The van der Waals surface area contributed by atoms with Gasteiger partial charge in [0, 0.05) is 6.92 Å². The summed E-state index contributed by atoms with van der Waals surface area (Å²) in [4.78, 5) is 10.5. The molecule has 18 heavy (non-hydrogen) atoms. The predicted octanol–water partition coefficient (Wildman–Crippen LogP) is 3.22. The van der Waals surface area contributed by atoms with E-state index in [0.717, 1.165) is 6.92 Å². The molecule has 0 radical (unpaired) electrons. The lowest BCUT2D eigenvalue weighted by Crippen LogP contribution is -2.18. The molecule has 1 aromatic carbocycles. The lowest BCUT2D eigenvalue weighted by atomic mass is 10.1. The number of rotatable bonds is 1. The van der Waals surface area contributed by atoms with Crippen LogP contribution < -0.4 is 5.32 Å². The molecule has 1 amide bonds. The molecule has 0 saturated carbocycles. The van der Waals surface area contributed by atoms with Crippen LogP contribution in [0.25, 0.3) is 0 Å². The second kappa shape index (κ2) is 4.46. The number of alkyl halides is 3. The fourth-order valence-electron chi connectivity index (χ4n) is 1.17. The first-order valence-corrected chi connectivity index (χ1v) is 4.28. The van der Waals surface area contributed by atoms with Crippen LogP contribution in [0.3, 0.4) is 0 Å². The third-order valence-electron chi connectivity index (χ3n) is 1.85. The summed E-state index contributed by atoms with van der Waals surface area (Å²) in [6.45, 7) is 0.756. The molecule has 1 rings (SSSR count). The van der Waals surface area contributed by atoms with Crippen LogP contribution in [0.4, 0.5) is 36.4 Å². The van der Waals surface area contributed by atoms with E-state index in [1.165, 1.54) is 5.32 Å². The minimum Gasteiger partial charge on any atom is -0.321 e. The van der Waals surface area contributed by atoms with Gasteiger partial charge in [0.25, 0.3) is 0 Å². The van der Waals surface area contributed by atoms with Gasteiger partial charge in [0.15, 0.2) is 23.3 Å². The number of amides is 1. The molecular weight excluding hydrogens is 271 g/mol. The number of benzene rings is 1. The zero-order valence-electron chi connectivity index (χ0n) is 8.55. The van der Waals surface area contributed by atoms with Crippen molar-refractivity contribution in [1.29, 1.82) is 0 Å². The third-order valence-corrected chi connectivity index (χ3v) is 1.85. The van der Waals surface area contributed by atoms with Crippen molar-refractivity contribution in [3.8, 4) is 0 Å². The van der Waals surface area contributed by atoms with E-state index in [4.69, 9.17) is 0 Å². The molecule has 9 heteroatoms. The van der Waals surface area contributed by atoms with Crippen molar-refractivity contribution in [3.05, 3.63) is 28.8 Å². The van der Waals surface area contributed by atoms with E-state index in [0.29, 0.717) is 0 Å². The predicted molar refractivity (Wildman–Crippen MR) is 45.6 cm³/mol. The Hall–Kier alpha value is -1.80. The summed E-state index contributed by atoms with van der Waals surface area (Å²) >= 11 is 0. The van der Waals surface area contributed by atoms with Crippen molar-refractivity contribution in [2.24, 2.45) is 0 Å². The maximum atomic E-state index is 13.1. The number of carbonyl (C=O) groups is 1. The van der Waals surface area contributed by atoms with Crippen LogP contribution in [0.5, 0.6) is 0 Å². The maximum Gasteiger partial charge on any atom is 0.422 e. The second-order valence-corrected chi connectivity index (χ2v) is 3.18. The summed E-state index contributed by atoms with van der Waals surface area (Å²) in [6, 6.07) is 0. The van der Waals surface area contributed by atoms with Crippen LogP contribution in [-0.4, -0.2) is 5.91 Å². The van der Waals surface area contributed by atoms with E-state index in [1.54, 1.807) is 0 Å². The number of anilines is 1. The number of nitrogens with one attached hydrogen (secondary N) is 1. The zero-order chi connectivity index (χ0) is 14.2. The normalized spacial score (nSPS) is 11.6. The molecule has 2 nitrogen and oxygen atoms in total. The first-order chi connectivity index (χ1) is 8.07. The van der Waals surface area contributed by atoms with Crippen molar-refractivity contribution < 1.29 is 35.5 Å². The summed E-state index contributed by atoms with van der Waals surface area (Å²) in [5.41, 5.74) is -4.29. The molecule has 0 aliphatic rings. The van der Waals surface area contributed by atoms with Crippen molar-refractivity contribution in [3.63, 3.8) is 0 Å². The topological polar surface area (TPSA) is 29.1 Å². The fourth-order valence-corrected chi connectivity index (χ4v) is 1.17. The Bertz CT molecular complexity index is 480. The van der Waals surface area contributed by atoms with Crippen LogP contribution in [0.1, 0.15) is 12.5 Å². The van der Waals surface area contributed by atoms with E-state index < -0.39 is 46.6 Å². The van der Waals surface area contributed by atoms with Gasteiger partial charge in [0.1, 0.15) is 11.3 Å². The number of hydrogen-bond donors (Lipinski definition) is 1. The quantitative estimate of drug-likeness (QED) is 0.618. The summed E-state index contributed by atoms with van der Waals surface area (Å²) in [5, 5.41) is 1.37. The summed E-state index contributed by atoms with van der Waals surface area (Å²) < 4.78 is 88.7. The van der Waals surface area contributed by atoms with Crippen molar-refractivity contribution in [1.82, 2.24) is 0 Å². The van der Waals surface area contributed by atoms with Crippen LogP contribution in [-0.2, 0) is 11.0 Å². The van der Waals surface area contributed by atoms with Gasteiger partial charge in [0.05, 0.1) is 0 Å². The smallest absolute Gasteiger partial charge is 0.321 e. The second-order valence-electron chi connectivity index (χ2n) is 3.18. The van der Waals surface area contributed by atoms with Crippen molar-refractivity contribution in [2.45, 2.75) is 13.1 Å². The van der Waals surface area contributed by atoms with Gasteiger partial charge in [-0.3, -0.25) is 4.79 Å². The van der Waals surface area contributed by atoms with E-state index in [2.05, 4.69) is 0 Å². The monoisotopic (exact) mass is 275 g/mol. The molecule has 1 N–H and O–H groups in total. The average Bonchev–Trinajstić information content (AvgIpc) is 2.19. The molecule has 0 aliphatic carbocycles. The zero-order valence-corrected chi connectivity index (χ0v) is 8.55. The minimum absolute atomic E-state index is 0.756. The van der Waals surface area contributed by atoms with Gasteiger partial charge in [0.2, 0.25) is 5.91 Å². The van der Waals surface area contributed by atoms with Crippen LogP contribution in [0.2, 0.25) is 0 Å². The molecule has 100 valence electrons. The fraction of sp³-hybridized carbons (Fsp3) is 0.222. The molecule has 0 unspecified atom stereocenters. The van der Waals surface area contributed by atoms with E-state index in [-0.39, 0.29) is 0 Å². The minimum atomic E-state index is -5.61. The number of halogens is 7.